The number of hydrogen-bond acceptors (Lipinski definition) is 3. The zero-order valence-electron chi connectivity index (χ0n) is 21.3. The third-order valence-electron chi connectivity index (χ3n) is 7.49. The van der Waals surface area contributed by atoms with Gasteiger partial charge in [-0.15, -0.1) is 0 Å². The van der Waals surface area contributed by atoms with Crippen LogP contribution in [0.4, 0.5) is 0 Å². The zero-order chi connectivity index (χ0) is 24.9. The minimum Gasteiger partial charge on any atom is -0.481 e. The molecule has 0 bridgehead atoms. The molecule has 1 aliphatic rings. The van der Waals surface area contributed by atoms with Crippen LogP contribution in [0.1, 0.15) is 37.3 Å². The van der Waals surface area contributed by atoms with Crippen molar-refractivity contribution < 1.29 is 9.53 Å². The third-order valence-corrected chi connectivity index (χ3v) is 7.49. The first-order valence-electron chi connectivity index (χ1n) is 13.1. The minimum atomic E-state index is 0.0424. The van der Waals surface area contributed by atoms with Crippen molar-refractivity contribution in [2.45, 2.75) is 39.0 Å². The van der Waals surface area contributed by atoms with E-state index in [-0.39, 0.29) is 12.5 Å². The smallest absolute Gasteiger partial charge is 0.260 e. The molecule has 0 saturated carbocycles. The Bertz CT molecular complexity index is 1330. The number of fused-ring (bicyclic) bond motifs is 1. The Morgan fingerprint density at radius 1 is 1.03 bits per heavy atom. The molecule has 0 unspecified atom stereocenters. The van der Waals surface area contributed by atoms with E-state index in [1.165, 1.54) is 23.1 Å². The fraction of sp³-hybridized carbons (Fsp3) is 0.355. The lowest BCUT2D eigenvalue weighted by molar-refractivity contribution is -0.134. The van der Waals surface area contributed by atoms with Crippen LogP contribution in [0.25, 0.3) is 22.2 Å². The Labute approximate surface area is 213 Å². The Kier molecular flexibility index (Phi) is 7.36. The average molecular weight is 482 g/mol. The maximum atomic E-state index is 12.9. The van der Waals surface area contributed by atoms with E-state index in [2.05, 4.69) is 71.2 Å². The average Bonchev–Trinajstić information content (AvgIpc) is 3.31. The summed E-state index contributed by atoms with van der Waals surface area (Å²) in [6.07, 6.45) is 9.34. The second kappa shape index (κ2) is 11.0. The maximum Gasteiger partial charge on any atom is 0.260 e. The van der Waals surface area contributed by atoms with Gasteiger partial charge in [0, 0.05) is 49.0 Å². The van der Waals surface area contributed by atoms with E-state index < -0.39 is 0 Å². The third kappa shape index (κ3) is 5.46. The van der Waals surface area contributed by atoms with Crippen molar-refractivity contribution >= 4 is 16.8 Å². The van der Waals surface area contributed by atoms with Crippen LogP contribution in [-0.2, 0) is 24.7 Å². The molecule has 1 fully saturated rings. The van der Waals surface area contributed by atoms with Crippen molar-refractivity contribution in [1.82, 2.24) is 14.5 Å². The topological polar surface area (TPSA) is 47.4 Å². The molecule has 0 aliphatic carbocycles. The monoisotopic (exact) mass is 481 g/mol. The molecule has 36 heavy (non-hydrogen) atoms. The quantitative estimate of drug-likeness (QED) is 0.308. The van der Waals surface area contributed by atoms with Crippen molar-refractivity contribution in [2.24, 2.45) is 13.0 Å². The highest BCUT2D eigenvalue weighted by Crippen LogP contribution is 2.30. The predicted octanol–water partition coefficient (Wildman–Crippen LogP) is 6.05. The van der Waals surface area contributed by atoms with Crippen LogP contribution in [-0.4, -0.2) is 40.1 Å². The Morgan fingerprint density at radius 2 is 1.86 bits per heavy atom. The summed E-state index contributed by atoms with van der Waals surface area (Å²) in [6, 6.07) is 21.1. The number of amides is 1. The first kappa shape index (κ1) is 24.1. The van der Waals surface area contributed by atoms with Gasteiger partial charge in [-0.25, -0.2) is 0 Å². The molecule has 0 spiro atoms. The summed E-state index contributed by atoms with van der Waals surface area (Å²) in [7, 11) is 2.04. The van der Waals surface area contributed by atoms with Crippen LogP contribution in [0, 0.1) is 5.92 Å². The molecule has 0 N–H and O–H groups in total. The number of aromatic nitrogens is 2. The maximum absolute atomic E-state index is 12.9. The summed E-state index contributed by atoms with van der Waals surface area (Å²) in [5.74, 6) is 1.38. The highest BCUT2D eigenvalue weighted by Gasteiger charge is 2.23. The number of pyridine rings is 1. The van der Waals surface area contributed by atoms with E-state index in [1.54, 1.807) is 6.20 Å². The Hall–Kier alpha value is -3.60. The number of carbonyl (C=O) groups is 1. The molecule has 3 heterocycles. The number of carbonyl (C=O) groups excluding carboxylic acids is 1. The van der Waals surface area contributed by atoms with E-state index in [4.69, 9.17) is 4.74 Å². The normalized spacial score (nSPS) is 14.3. The number of piperidine rings is 1. The van der Waals surface area contributed by atoms with E-state index >= 15 is 0 Å². The second-order valence-electron chi connectivity index (χ2n) is 9.88. The van der Waals surface area contributed by atoms with Gasteiger partial charge in [0.1, 0.15) is 11.4 Å². The van der Waals surface area contributed by atoms with Crippen LogP contribution in [0.5, 0.6) is 5.75 Å². The molecule has 2 aromatic carbocycles. The van der Waals surface area contributed by atoms with Gasteiger partial charge < -0.3 is 14.2 Å². The van der Waals surface area contributed by atoms with Gasteiger partial charge in [0.15, 0.2) is 6.61 Å². The minimum absolute atomic E-state index is 0.0424. The number of hydrogen-bond donors (Lipinski definition) is 0. The van der Waals surface area contributed by atoms with Crippen molar-refractivity contribution in [3.05, 3.63) is 84.2 Å². The SMILES string of the molecule is CCc1cccc(CCC2CCN(C(=O)COc3cccnc3-c3ccc4c(ccn4C)c3)CC2)c1. The number of rotatable bonds is 8. The Balaban J connectivity index is 1.14. The van der Waals surface area contributed by atoms with Gasteiger partial charge in [-0.3, -0.25) is 9.78 Å². The molecule has 1 amide bonds. The van der Waals surface area contributed by atoms with Crippen LogP contribution in [0.2, 0.25) is 0 Å². The number of ether oxygens (including phenoxy) is 1. The molecule has 5 rings (SSSR count). The lowest BCUT2D eigenvalue weighted by atomic mass is 9.90. The molecule has 0 atom stereocenters. The van der Waals surface area contributed by atoms with E-state index in [0.29, 0.717) is 11.7 Å². The summed E-state index contributed by atoms with van der Waals surface area (Å²) >= 11 is 0. The van der Waals surface area contributed by atoms with Gasteiger partial charge in [-0.2, -0.15) is 0 Å². The molecule has 1 saturated heterocycles. The van der Waals surface area contributed by atoms with Gasteiger partial charge in [0.2, 0.25) is 0 Å². The number of aryl methyl sites for hydroxylation is 3. The highest BCUT2D eigenvalue weighted by molar-refractivity contribution is 5.86. The summed E-state index contributed by atoms with van der Waals surface area (Å²) in [5, 5.41) is 1.16. The summed E-state index contributed by atoms with van der Waals surface area (Å²) in [4.78, 5) is 19.5. The van der Waals surface area contributed by atoms with Gasteiger partial charge in [0.05, 0.1) is 0 Å². The van der Waals surface area contributed by atoms with Crippen LogP contribution >= 0.6 is 0 Å². The number of nitrogens with zero attached hydrogens (tertiary/aromatic N) is 3. The largest absolute Gasteiger partial charge is 0.481 e. The fourth-order valence-electron chi connectivity index (χ4n) is 5.23. The lowest BCUT2D eigenvalue weighted by Crippen LogP contribution is -2.41. The second-order valence-corrected chi connectivity index (χ2v) is 9.88. The number of likely N-dealkylation sites (tertiary alicyclic amines) is 1. The summed E-state index contributed by atoms with van der Waals surface area (Å²) in [6.45, 7) is 3.87. The van der Waals surface area contributed by atoms with E-state index in [1.807, 2.05) is 24.1 Å². The van der Waals surface area contributed by atoms with Crippen molar-refractivity contribution in [3.8, 4) is 17.0 Å². The van der Waals surface area contributed by atoms with Crippen molar-refractivity contribution in [2.75, 3.05) is 19.7 Å². The van der Waals surface area contributed by atoms with E-state index in [0.717, 1.165) is 55.4 Å². The Morgan fingerprint density at radius 3 is 2.69 bits per heavy atom. The first-order valence-corrected chi connectivity index (χ1v) is 13.1. The van der Waals surface area contributed by atoms with Gasteiger partial charge >= 0.3 is 0 Å². The highest BCUT2D eigenvalue weighted by atomic mass is 16.5. The molecule has 0 radical (unpaired) electrons. The molecule has 5 nitrogen and oxygen atoms in total. The predicted molar refractivity (Wildman–Crippen MR) is 145 cm³/mol. The summed E-state index contributed by atoms with van der Waals surface area (Å²) < 4.78 is 8.12. The van der Waals surface area contributed by atoms with Gasteiger partial charge in [-0.05, 0) is 79.5 Å². The van der Waals surface area contributed by atoms with E-state index in [9.17, 15) is 4.79 Å². The van der Waals surface area contributed by atoms with Crippen LogP contribution in [0.15, 0.2) is 73.1 Å². The molecule has 4 aromatic rings. The molecular weight excluding hydrogens is 446 g/mol. The van der Waals surface area contributed by atoms with Crippen LogP contribution < -0.4 is 4.74 Å². The van der Waals surface area contributed by atoms with Gasteiger partial charge in [-0.1, -0.05) is 37.3 Å². The van der Waals surface area contributed by atoms with Gasteiger partial charge in [0.25, 0.3) is 5.91 Å². The van der Waals surface area contributed by atoms with Crippen LogP contribution in [0.3, 0.4) is 0 Å². The lowest BCUT2D eigenvalue weighted by Gasteiger charge is -2.32. The molecule has 186 valence electrons. The van der Waals surface area contributed by atoms with Crippen molar-refractivity contribution in [3.63, 3.8) is 0 Å². The summed E-state index contributed by atoms with van der Waals surface area (Å²) in [5.41, 5.74) is 5.76. The zero-order valence-corrected chi connectivity index (χ0v) is 21.3. The number of benzene rings is 2. The molecule has 5 heteroatoms. The molecule has 1 aliphatic heterocycles. The standard InChI is InChI=1S/C31H35N3O2/c1-3-23-6-4-7-25(20-23)10-9-24-13-18-34(19-14-24)30(35)22-36-29-8-5-16-32-31(29)27-11-12-28-26(21-27)15-17-33(28)2/h4-8,11-12,15-17,20-21,24H,3,9-10,13-14,18-19,22H2,1-2H3. The molecular formula is C31H35N3O2. The fourth-order valence-corrected chi connectivity index (χ4v) is 5.23. The molecule has 2 aromatic heterocycles. The first-order chi connectivity index (χ1) is 17.6. The van der Waals surface area contributed by atoms with Crippen molar-refractivity contribution in [1.29, 1.82) is 0 Å².